The molecule has 0 aliphatic carbocycles. The van der Waals surface area contributed by atoms with E-state index in [4.69, 9.17) is 0 Å². The van der Waals surface area contributed by atoms with Crippen LogP contribution in [0.1, 0.15) is 23.9 Å². The fraction of sp³-hybridized carbons (Fsp3) is 0.500. The second-order valence-electron chi connectivity index (χ2n) is 5.54. The third kappa shape index (κ3) is 3.35. The van der Waals surface area contributed by atoms with Crippen LogP contribution < -0.4 is 9.80 Å². The summed E-state index contributed by atoms with van der Waals surface area (Å²) >= 11 is 1.75. The Kier molecular flexibility index (Phi) is 4.39. The summed E-state index contributed by atoms with van der Waals surface area (Å²) < 4.78 is 0. The molecule has 5 heteroatoms. The van der Waals surface area contributed by atoms with Gasteiger partial charge in [0.05, 0.1) is 0 Å². The van der Waals surface area contributed by atoms with E-state index in [1.54, 1.807) is 11.3 Å². The monoisotopic (exact) mass is 302 g/mol. The number of aromatic nitrogens is 2. The molecular weight excluding hydrogens is 280 g/mol. The van der Waals surface area contributed by atoms with Crippen molar-refractivity contribution >= 4 is 22.2 Å². The number of benzene rings is 1. The van der Waals surface area contributed by atoms with E-state index in [9.17, 15) is 0 Å². The molecule has 2 heterocycles. The van der Waals surface area contributed by atoms with E-state index in [-0.39, 0.29) is 0 Å². The molecule has 1 aliphatic heterocycles. The molecule has 21 heavy (non-hydrogen) atoms. The number of aryl methyl sites for hydroxylation is 2. The SMILES string of the molecule is CCCc1nnc(N2CCN(c3cccc(C)c3)CC2)s1. The Hall–Kier alpha value is -1.62. The summed E-state index contributed by atoms with van der Waals surface area (Å²) in [4.78, 5) is 4.82. The molecule has 0 saturated carbocycles. The summed E-state index contributed by atoms with van der Waals surface area (Å²) in [5.74, 6) is 0. The predicted octanol–water partition coefficient (Wildman–Crippen LogP) is 3.13. The third-order valence-electron chi connectivity index (χ3n) is 3.84. The first-order valence-corrected chi connectivity index (χ1v) is 8.47. The summed E-state index contributed by atoms with van der Waals surface area (Å²) in [6.07, 6.45) is 2.18. The van der Waals surface area contributed by atoms with E-state index in [2.05, 4.69) is 58.1 Å². The van der Waals surface area contributed by atoms with Crippen LogP contribution in [0.4, 0.5) is 10.8 Å². The first-order chi connectivity index (χ1) is 10.3. The summed E-state index contributed by atoms with van der Waals surface area (Å²) in [6, 6.07) is 8.75. The van der Waals surface area contributed by atoms with Crippen molar-refractivity contribution in [1.82, 2.24) is 10.2 Å². The molecule has 0 N–H and O–H groups in total. The molecule has 1 aromatic carbocycles. The van der Waals surface area contributed by atoms with Gasteiger partial charge in [-0.15, -0.1) is 10.2 Å². The molecule has 0 radical (unpaired) electrons. The molecule has 0 spiro atoms. The van der Waals surface area contributed by atoms with Gasteiger partial charge in [0.25, 0.3) is 0 Å². The first kappa shape index (κ1) is 14.3. The van der Waals surface area contributed by atoms with E-state index in [1.807, 2.05) is 0 Å². The van der Waals surface area contributed by atoms with Gasteiger partial charge in [0.15, 0.2) is 0 Å². The van der Waals surface area contributed by atoms with Crippen LogP contribution in [0.3, 0.4) is 0 Å². The standard InChI is InChI=1S/C16H22N4S/c1-3-5-15-17-18-16(21-15)20-10-8-19(9-11-20)14-7-4-6-13(2)12-14/h4,6-7,12H,3,5,8-11H2,1-2H3. The van der Waals surface area contributed by atoms with Gasteiger partial charge in [0.2, 0.25) is 5.13 Å². The lowest BCUT2D eigenvalue weighted by Gasteiger charge is -2.35. The highest BCUT2D eigenvalue weighted by atomic mass is 32.1. The zero-order chi connectivity index (χ0) is 14.7. The Bertz CT molecular complexity index is 587. The Morgan fingerprint density at radius 3 is 2.57 bits per heavy atom. The van der Waals surface area contributed by atoms with Crippen molar-refractivity contribution in [3.05, 3.63) is 34.8 Å². The average Bonchev–Trinajstić information content (AvgIpc) is 2.97. The number of hydrogen-bond donors (Lipinski definition) is 0. The van der Waals surface area contributed by atoms with Gasteiger partial charge in [-0.25, -0.2) is 0 Å². The number of anilines is 2. The van der Waals surface area contributed by atoms with Crippen molar-refractivity contribution in [1.29, 1.82) is 0 Å². The maximum absolute atomic E-state index is 4.35. The number of rotatable bonds is 4. The summed E-state index contributed by atoms with van der Waals surface area (Å²) in [7, 11) is 0. The first-order valence-electron chi connectivity index (χ1n) is 7.65. The van der Waals surface area contributed by atoms with Crippen molar-refractivity contribution in [3.8, 4) is 0 Å². The Morgan fingerprint density at radius 2 is 1.86 bits per heavy atom. The van der Waals surface area contributed by atoms with Crippen LogP contribution in [0.2, 0.25) is 0 Å². The lowest BCUT2D eigenvalue weighted by Crippen LogP contribution is -2.46. The Balaban J connectivity index is 1.61. The molecule has 1 fully saturated rings. The van der Waals surface area contributed by atoms with Crippen molar-refractivity contribution < 1.29 is 0 Å². The summed E-state index contributed by atoms with van der Waals surface area (Å²) in [5.41, 5.74) is 2.65. The second-order valence-corrected chi connectivity index (χ2v) is 6.58. The van der Waals surface area contributed by atoms with Gasteiger partial charge in [-0.05, 0) is 31.0 Å². The van der Waals surface area contributed by atoms with Gasteiger partial charge < -0.3 is 9.80 Å². The van der Waals surface area contributed by atoms with Gasteiger partial charge >= 0.3 is 0 Å². The molecule has 0 bridgehead atoms. The molecule has 4 nitrogen and oxygen atoms in total. The minimum atomic E-state index is 1.02. The maximum atomic E-state index is 4.35. The topological polar surface area (TPSA) is 32.3 Å². The number of hydrogen-bond acceptors (Lipinski definition) is 5. The van der Waals surface area contributed by atoms with Crippen LogP contribution in [-0.4, -0.2) is 36.4 Å². The molecule has 1 aliphatic rings. The lowest BCUT2D eigenvalue weighted by molar-refractivity contribution is 0.649. The maximum Gasteiger partial charge on any atom is 0.208 e. The molecule has 0 unspecified atom stereocenters. The van der Waals surface area contributed by atoms with Crippen LogP contribution >= 0.6 is 11.3 Å². The predicted molar refractivity (Wildman–Crippen MR) is 89.5 cm³/mol. The Labute approximate surface area is 130 Å². The van der Waals surface area contributed by atoms with Gasteiger partial charge in [-0.2, -0.15) is 0 Å². The molecule has 112 valence electrons. The van der Waals surface area contributed by atoms with Crippen LogP contribution in [0.5, 0.6) is 0 Å². The summed E-state index contributed by atoms with van der Waals surface area (Å²) in [5, 5.41) is 10.9. The highest BCUT2D eigenvalue weighted by Crippen LogP contribution is 2.24. The van der Waals surface area contributed by atoms with E-state index in [0.29, 0.717) is 0 Å². The van der Waals surface area contributed by atoms with Gasteiger partial charge in [0, 0.05) is 38.3 Å². The van der Waals surface area contributed by atoms with Crippen molar-refractivity contribution in [2.75, 3.05) is 36.0 Å². The zero-order valence-corrected chi connectivity index (χ0v) is 13.6. The average molecular weight is 302 g/mol. The quantitative estimate of drug-likeness (QED) is 0.868. The zero-order valence-electron chi connectivity index (χ0n) is 12.7. The van der Waals surface area contributed by atoms with E-state index < -0.39 is 0 Å². The molecule has 0 atom stereocenters. The fourth-order valence-electron chi connectivity index (χ4n) is 2.67. The van der Waals surface area contributed by atoms with Crippen LogP contribution in [0, 0.1) is 6.92 Å². The van der Waals surface area contributed by atoms with Crippen molar-refractivity contribution in [2.24, 2.45) is 0 Å². The highest BCUT2D eigenvalue weighted by molar-refractivity contribution is 7.15. The molecule has 3 rings (SSSR count). The molecule has 1 saturated heterocycles. The van der Waals surface area contributed by atoms with Crippen LogP contribution in [0.25, 0.3) is 0 Å². The van der Waals surface area contributed by atoms with E-state index in [0.717, 1.165) is 49.2 Å². The second kappa shape index (κ2) is 6.43. The van der Waals surface area contributed by atoms with Crippen molar-refractivity contribution in [2.45, 2.75) is 26.7 Å². The van der Waals surface area contributed by atoms with E-state index in [1.165, 1.54) is 11.3 Å². The molecule has 0 amide bonds. The van der Waals surface area contributed by atoms with Crippen LogP contribution in [-0.2, 0) is 6.42 Å². The van der Waals surface area contributed by atoms with Gasteiger partial charge in [0.1, 0.15) is 5.01 Å². The molecule has 1 aromatic heterocycles. The minimum absolute atomic E-state index is 1.02. The highest BCUT2D eigenvalue weighted by Gasteiger charge is 2.20. The molecular formula is C16H22N4S. The summed E-state index contributed by atoms with van der Waals surface area (Å²) in [6.45, 7) is 8.47. The van der Waals surface area contributed by atoms with Crippen molar-refractivity contribution in [3.63, 3.8) is 0 Å². The fourth-order valence-corrected chi connectivity index (χ4v) is 3.66. The lowest BCUT2D eigenvalue weighted by atomic mass is 10.2. The normalized spacial score (nSPS) is 15.5. The number of piperazine rings is 1. The third-order valence-corrected chi connectivity index (χ3v) is 4.88. The Morgan fingerprint density at radius 1 is 1.10 bits per heavy atom. The number of nitrogens with zero attached hydrogens (tertiary/aromatic N) is 4. The van der Waals surface area contributed by atoms with E-state index >= 15 is 0 Å². The smallest absolute Gasteiger partial charge is 0.208 e. The largest absolute Gasteiger partial charge is 0.368 e. The van der Waals surface area contributed by atoms with Gasteiger partial charge in [-0.3, -0.25) is 0 Å². The molecule has 2 aromatic rings. The van der Waals surface area contributed by atoms with Gasteiger partial charge in [-0.1, -0.05) is 30.4 Å². The van der Waals surface area contributed by atoms with Crippen LogP contribution in [0.15, 0.2) is 24.3 Å². The minimum Gasteiger partial charge on any atom is -0.368 e.